The van der Waals surface area contributed by atoms with Crippen molar-refractivity contribution in [3.8, 4) is 16.9 Å². The van der Waals surface area contributed by atoms with E-state index in [0.29, 0.717) is 22.7 Å². The van der Waals surface area contributed by atoms with Crippen LogP contribution in [0.25, 0.3) is 11.1 Å². The van der Waals surface area contributed by atoms with Gasteiger partial charge in [-0.25, -0.2) is 14.7 Å². The Morgan fingerprint density at radius 2 is 1.75 bits per heavy atom. The summed E-state index contributed by atoms with van der Waals surface area (Å²) < 4.78 is 43.4. The fraction of sp³-hybridized carbons (Fsp3) is 0.160. The molecule has 0 spiro atoms. The molecule has 3 heterocycles. The molecule has 0 unspecified atom stereocenters. The van der Waals surface area contributed by atoms with Gasteiger partial charge >= 0.3 is 12.2 Å². The van der Waals surface area contributed by atoms with Crippen LogP contribution in [-0.4, -0.2) is 35.8 Å². The molecule has 2 amide bonds. The second kappa shape index (κ2) is 9.50. The quantitative estimate of drug-likeness (QED) is 0.322. The summed E-state index contributed by atoms with van der Waals surface area (Å²) >= 11 is 1.58. The number of nitrogens with zero attached hydrogens (tertiary/aromatic N) is 4. The van der Waals surface area contributed by atoms with Crippen LogP contribution in [0, 0.1) is 0 Å². The number of hydrogen-bond acceptors (Lipinski definition) is 6. The number of anilines is 4. The van der Waals surface area contributed by atoms with Crippen molar-refractivity contribution >= 4 is 40.5 Å². The number of thiophene rings is 1. The Kier molecular flexibility index (Phi) is 6.23. The second-order valence-corrected chi connectivity index (χ2v) is 8.75. The predicted molar refractivity (Wildman–Crippen MR) is 133 cm³/mol. The minimum absolute atomic E-state index is 0.156. The highest BCUT2D eigenvalue weighted by atomic mass is 32.1. The van der Waals surface area contributed by atoms with Crippen LogP contribution in [0.2, 0.25) is 0 Å². The maximum atomic E-state index is 13.7. The lowest BCUT2D eigenvalue weighted by atomic mass is 10.1. The molecular formula is C25H20F3N5O2S. The Balaban J connectivity index is 1.54. The zero-order chi connectivity index (χ0) is 25.3. The number of nitrogens with one attached hydrogen (secondary N) is 1. The summed E-state index contributed by atoms with van der Waals surface area (Å²) in [6.45, 7) is -1.13. The van der Waals surface area contributed by atoms with Crippen LogP contribution in [-0.2, 0) is 6.54 Å². The molecule has 4 aromatic rings. The van der Waals surface area contributed by atoms with Crippen LogP contribution in [0.4, 0.5) is 41.1 Å². The van der Waals surface area contributed by atoms with Crippen molar-refractivity contribution < 1.29 is 22.7 Å². The Morgan fingerprint density at radius 1 is 1.03 bits per heavy atom. The second-order valence-electron chi connectivity index (χ2n) is 7.97. The zero-order valence-corrected chi connectivity index (χ0v) is 19.8. The molecule has 1 aliphatic heterocycles. The van der Waals surface area contributed by atoms with Gasteiger partial charge in [0.25, 0.3) is 0 Å². The van der Waals surface area contributed by atoms with Crippen LogP contribution >= 0.6 is 11.3 Å². The van der Waals surface area contributed by atoms with E-state index in [1.165, 1.54) is 11.1 Å². The SMILES string of the molecule is COc1ccc(N2Cc3cnc(NCC(F)(F)F)nc3N(c3ccc(-c4ccsc4)cc3)C2=O)cc1. The van der Waals surface area contributed by atoms with Gasteiger partial charge in [-0.3, -0.25) is 4.90 Å². The third kappa shape index (κ3) is 4.82. The molecule has 36 heavy (non-hydrogen) atoms. The van der Waals surface area contributed by atoms with E-state index in [0.717, 1.165) is 11.1 Å². The topological polar surface area (TPSA) is 70.6 Å². The fourth-order valence-electron chi connectivity index (χ4n) is 3.84. The number of aromatic nitrogens is 2. The van der Waals surface area contributed by atoms with Gasteiger partial charge in [-0.15, -0.1) is 0 Å². The van der Waals surface area contributed by atoms with Gasteiger partial charge in [0.15, 0.2) is 5.82 Å². The van der Waals surface area contributed by atoms with Crippen LogP contribution in [0.1, 0.15) is 5.56 Å². The largest absolute Gasteiger partial charge is 0.497 e. The number of benzene rings is 2. The van der Waals surface area contributed by atoms with Gasteiger partial charge in [-0.1, -0.05) is 12.1 Å². The number of ether oxygens (including phenoxy) is 1. The molecule has 0 bridgehead atoms. The molecule has 0 atom stereocenters. The van der Waals surface area contributed by atoms with E-state index < -0.39 is 18.8 Å². The van der Waals surface area contributed by atoms with E-state index in [1.807, 2.05) is 29.0 Å². The summed E-state index contributed by atoms with van der Waals surface area (Å²) in [5, 5.41) is 6.19. The van der Waals surface area contributed by atoms with E-state index in [1.54, 1.807) is 59.7 Å². The minimum Gasteiger partial charge on any atom is -0.497 e. The first-order valence-electron chi connectivity index (χ1n) is 10.9. The lowest BCUT2D eigenvalue weighted by molar-refractivity contribution is -0.115. The van der Waals surface area contributed by atoms with Crippen LogP contribution < -0.4 is 19.9 Å². The summed E-state index contributed by atoms with van der Waals surface area (Å²) in [5.41, 5.74) is 3.78. The third-order valence-electron chi connectivity index (χ3n) is 5.62. The van der Waals surface area contributed by atoms with Crippen molar-refractivity contribution in [3.63, 3.8) is 0 Å². The molecule has 1 N–H and O–H groups in total. The average Bonchev–Trinajstić information content (AvgIpc) is 3.42. The van der Waals surface area contributed by atoms with E-state index in [-0.39, 0.29) is 18.3 Å². The van der Waals surface area contributed by atoms with Crippen molar-refractivity contribution in [2.75, 3.05) is 28.8 Å². The highest BCUT2D eigenvalue weighted by molar-refractivity contribution is 7.08. The molecule has 1 aliphatic rings. The molecule has 184 valence electrons. The standard InChI is InChI=1S/C25H20F3N5O2S/c1-35-21-8-6-19(7-9-21)32-13-18-12-29-23(30-15-25(26,27)28)31-22(18)33(24(32)34)20-4-2-16(3-5-20)17-10-11-36-14-17/h2-12,14H,13,15H2,1H3,(H,29,30,31). The van der Waals surface area contributed by atoms with Crippen LogP contribution in [0.3, 0.4) is 0 Å². The average molecular weight is 512 g/mol. The number of methoxy groups -OCH3 is 1. The van der Waals surface area contributed by atoms with E-state index >= 15 is 0 Å². The van der Waals surface area contributed by atoms with Crippen molar-refractivity contribution in [3.05, 3.63) is 77.1 Å². The Hall–Kier alpha value is -4.12. The van der Waals surface area contributed by atoms with Gasteiger partial charge in [-0.05, 0) is 64.4 Å². The van der Waals surface area contributed by atoms with Gasteiger partial charge in [0, 0.05) is 17.4 Å². The van der Waals surface area contributed by atoms with Gasteiger partial charge in [0.05, 0.1) is 19.3 Å². The monoisotopic (exact) mass is 511 g/mol. The lowest BCUT2D eigenvalue weighted by Gasteiger charge is -2.36. The number of hydrogen-bond donors (Lipinski definition) is 1. The molecule has 0 aliphatic carbocycles. The number of alkyl halides is 3. The first kappa shape index (κ1) is 23.6. The maximum Gasteiger partial charge on any atom is 0.405 e. The molecular weight excluding hydrogens is 491 g/mol. The summed E-state index contributed by atoms with van der Waals surface area (Å²) in [6, 6.07) is 16.0. The Bertz CT molecular complexity index is 1360. The van der Waals surface area contributed by atoms with Gasteiger partial charge in [0.2, 0.25) is 5.95 Å². The van der Waals surface area contributed by atoms with Crippen molar-refractivity contribution in [2.45, 2.75) is 12.7 Å². The zero-order valence-electron chi connectivity index (χ0n) is 19.0. The maximum absolute atomic E-state index is 13.7. The molecule has 0 saturated carbocycles. The number of rotatable bonds is 6. The molecule has 0 radical (unpaired) electrons. The van der Waals surface area contributed by atoms with Crippen molar-refractivity contribution in [1.82, 2.24) is 9.97 Å². The number of amides is 2. The molecule has 2 aromatic heterocycles. The first-order valence-corrected chi connectivity index (χ1v) is 11.8. The summed E-state index contributed by atoms with van der Waals surface area (Å²) in [4.78, 5) is 25.0. The number of carbonyl (C=O) groups is 1. The Morgan fingerprint density at radius 3 is 2.39 bits per heavy atom. The number of fused-ring (bicyclic) bond motifs is 1. The molecule has 0 fully saturated rings. The summed E-state index contributed by atoms with van der Waals surface area (Å²) in [5.74, 6) is 0.664. The van der Waals surface area contributed by atoms with Gasteiger partial charge in [-0.2, -0.15) is 29.5 Å². The lowest BCUT2D eigenvalue weighted by Crippen LogP contribution is -2.45. The number of carbonyl (C=O) groups excluding carboxylic acids is 1. The molecule has 11 heteroatoms. The first-order chi connectivity index (χ1) is 17.3. The van der Waals surface area contributed by atoms with Gasteiger partial charge in [0.1, 0.15) is 12.3 Å². The molecule has 0 saturated heterocycles. The summed E-state index contributed by atoms with van der Waals surface area (Å²) in [7, 11) is 1.56. The number of halogens is 3. The molecule has 5 rings (SSSR count). The van der Waals surface area contributed by atoms with Crippen LogP contribution in [0.15, 0.2) is 71.6 Å². The smallest absolute Gasteiger partial charge is 0.405 e. The predicted octanol–water partition coefficient (Wildman–Crippen LogP) is 6.47. The Labute approximate surface area is 208 Å². The normalized spacial score (nSPS) is 13.5. The number of urea groups is 1. The van der Waals surface area contributed by atoms with Crippen LogP contribution in [0.5, 0.6) is 5.75 Å². The minimum atomic E-state index is -4.43. The van der Waals surface area contributed by atoms with Crippen molar-refractivity contribution in [2.24, 2.45) is 0 Å². The van der Waals surface area contributed by atoms with E-state index in [9.17, 15) is 18.0 Å². The molecule has 7 nitrogen and oxygen atoms in total. The third-order valence-corrected chi connectivity index (χ3v) is 6.30. The molecule has 2 aromatic carbocycles. The van der Waals surface area contributed by atoms with Crippen molar-refractivity contribution in [1.29, 1.82) is 0 Å². The fourth-order valence-corrected chi connectivity index (χ4v) is 4.51. The van der Waals surface area contributed by atoms with E-state index in [2.05, 4.69) is 15.3 Å². The van der Waals surface area contributed by atoms with Gasteiger partial charge < -0.3 is 10.1 Å². The summed E-state index contributed by atoms with van der Waals surface area (Å²) in [6.07, 6.45) is -2.99. The highest BCUT2D eigenvalue weighted by Gasteiger charge is 2.35. The van der Waals surface area contributed by atoms with E-state index in [4.69, 9.17) is 4.74 Å². The highest BCUT2D eigenvalue weighted by Crippen LogP contribution is 2.37.